The molecule has 0 radical (unpaired) electrons. The van der Waals surface area contributed by atoms with Gasteiger partial charge in [-0.25, -0.2) is 8.42 Å². The van der Waals surface area contributed by atoms with Gasteiger partial charge >= 0.3 is 0 Å². The molecule has 6 nitrogen and oxygen atoms in total. The Labute approximate surface area is 168 Å². The predicted molar refractivity (Wildman–Crippen MR) is 110 cm³/mol. The number of piperidine rings is 1. The lowest BCUT2D eigenvalue weighted by molar-refractivity contribution is -0.118. The summed E-state index contributed by atoms with van der Waals surface area (Å²) < 4.78 is 27.0. The summed E-state index contributed by atoms with van der Waals surface area (Å²) in [6.07, 6.45) is 9.34. The van der Waals surface area contributed by atoms with E-state index in [9.17, 15) is 13.2 Å². The Bertz CT molecular complexity index is 803. The number of carbonyl (C=O) groups excluding carboxylic acids is 1. The Hall–Kier alpha value is -1.44. The van der Waals surface area contributed by atoms with Crippen molar-refractivity contribution in [3.63, 3.8) is 0 Å². The van der Waals surface area contributed by atoms with Gasteiger partial charge in [0.25, 0.3) is 0 Å². The van der Waals surface area contributed by atoms with Gasteiger partial charge in [0.05, 0.1) is 11.4 Å². The van der Waals surface area contributed by atoms with Crippen LogP contribution in [0.5, 0.6) is 0 Å². The van der Waals surface area contributed by atoms with E-state index in [1.165, 1.54) is 36.4 Å². The van der Waals surface area contributed by atoms with E-state index in [4.69, 9.17) is 0 Å². The van der Waals surface area contributed by atoms with Gasteiger partial charge in [0, 0.05) is 24.8 Å². The summed E-state index contributed by atoms with van der Waals surface area (Å²) in [5.41, 5.74) is 0.558. The molecule has 2 heterocycles. The lowest BCUT2D eigenvalue weighted by Crippen LogP contribution is -2.49. The summed E-state index contributed by atoms with van der Waals surface area (Å²) in [7, 11) is -3.47. The fourth-order valence-corrected chi connectivity index (χ4v) is 6.68. The third kappa shape index (κ3) is 4.26. The number of sulfonamides is 1. The molecule has 0 unspecified atom stereocenters. The van der Waals surface area contributed by atoms with Gasteiger partial charge in [0.1, 0.15) is 0 Å². The molecule has 1 aromatic carbocycles. The first-order valence-corrected chi connectivity index (χ1v) is 12.1. The van der Waals surface area contributed by atoms with Gasteiger partial charge in [-0.05, 0) is 69.2 Å². The van der Waals surface area contributed by atoms with Crippen LogP contribution in [-0.4, -0.2) is 55.8 Å². The summed E-state index contributed by atoms with van der Waals surface area (Å²) in [4.78, 5) is 15.3. The molecule has 2 atom stereocenters. The zero-order valence-corrected chi connectivity index (χ0v) is 17.3. The van der Waals surface area contributed by atoms with Crippen LogP contribution in [-0.2, 0) is 14.8 Å². The first-order chi connectivity index (χ1) is 13.5. The number of hydrogen-bond acceptors (Lipinski definition) is 4. The molecule has 154 valence electrons. The molecule has 0 spiro atoms. The minimum Gasteiger partial charge on any atom is -0.325 e. The fraction of sp³-hybridized carbons (Fsp3) is 0.667. The van der Waals surface area contributed by atoms with Crippen LogP contribution >= 0.6 is 0 Å². The number of fused-ring (bicyclic) bond motifs is 1. The summed E-state index contributed by atoms with van der Waals surface area (Å²) in [6.45, 7) is 2.54. The molecule has 1 amide bonds. The predicted octanol–water partition coefficient (Wildman–Crippen LogP) is 3.06. The van der Waals surface area contributed by atoms with Gasteiger partial charge in [-0.3, -0.25) is 9.69 Å². The van der Waals surface area contributed by atoms with E-state index in [0.717, 1.165) is 31.7 Å². The lowest BCUT2D eigenvalue weighted by atomic mass is 9.78. The van der Waals surface area contributed by atoms with Crippen LogP contribution in [0.4, 0.5) is 5.69 Å². The van der Waals surface area contributed by atoms with Gasteiger partial charge in [0.15, 0.2) is 0 Å². The minimum atomic E-state index is -3.47. The molecule has 7 heteroatoms. The number of likely N-dealkylation sites (tertiary alicyclic amines) is 1. The number of amides is 1. The molecule has 1 saturated carbocycles. The SMILES string of the molecule is O=C(CN1CCC[C@H]2CCCC[C@@H]21)Nc1cccc(S(=O)(=O)N2CCCC2)c1. The van der Waals surface area contributed by atoms with Crippen molar-refractivity contribution < 1.29 is 13.2 Å². The Morgan fingerprint density at radius 2 is 1.75 bits per heavy atom. The molecule has 1 aliphatic carbocycles. The average Bonchev–Trinajstić information content (AvgIpc) is 3.24. The molecule has 4 rings (SSSR count). The molecule has 2 aliphatic heterocycles. The summed E-state index contributed by atoms with van der Waals surface area (Å²) in [5, 5.41) is 2.92. The maximum absolute atomic E-state index is 12.8. The van der Waals surface area contributed by atoms with Crippen molar-refractivity contribution in [2.45, 2.75) is 62.3 Å². The van der Waals surface area contributed by atoms with Crippen LogP contribution in [0.3, 0.4) is 0 Å². The van der Waals surface area contributed by atoms with Crippen LogP contribution < -0.4 is 5.32 Å². The standard InChI is InChI=1S/C21H31N3O3S/c25-21(16-23-12-6-8-17-7-1-2-11-20(17)23)22-18-9-5-10-19(15-18)28(26,27)24-13-3-4-14-24/h5,9-10,15,17,20H,1-4,6-8,11-14,16H2,(H,22,25)/t17-,20+/m1/s1. The molecule has 1 aromatic rings. The zero-order chi connectivity index (χ0) is 19.6. The number of anilines is 1. The number of nitrogens with zero attached hydrogens (tertiary/aromatic N) is 2. The summed E-state index contributed by atoms with van der Waals surface area (Å²) in [6, 6.07) is 7.21. The molecular weight excluding hydrogens is 374 g/mol. The molecule has 2 saturated heterocycles. The molecular formula is C21H31N3O3S. The highest BCUT2D eigenvalue weighted by Crippen LogP contribution is 2.35. The van der Waals surface area contributed by atoms with Crippen LogP contribution in [0.2, 0.25) is 0 Å². The van der Waals surface area contributed by atoms with Crippen molar-refractivity contribution in [1.29, 1.82) is 0 Å². The van der Waals surface area contributed by atoms with E-state index in [1.54, 1.807) is 24.3 Å². The number of benzene rings is 1. The molecule has 28 heavy (non-hydrogen) atoms. The molecule has 0 bridgehead atoms. The van der Waals surface area contributed by atoms with Gasteiger partial charge in [-0.15, -0.1) is 0 Å². The van der Waals surface area contributed by atoms with Gasteiger partial charge < -0.3 is 5.32 Å². The largest absolute Gasteiger partial charge is 0.325 e. The molecule has 3 fully saturated rings. The van der Waals surface area contributed by atoms with E-state index in [2.05, 4.69) is 10.2 Å². The van der Waals surface area contributed by atoms with Gasteiger partial charge in [0.2, 0.25) is 15.9 Å². The Kier molecular flexibility index (Phi) is 6.04. The second-order valence-electron chi connectivity index (χ2n) is 8.41. The highest BCUT2D eigenvalue weighted by molar-refractivity contribution is 7.89. The van der Waals surface area contributed by atoms with Crippen LogP contribution in [0, 0.1) is 5.92 Å². The zero-order valence-electron chi connectivity index (χ0n) is 16.5. The summed E-state index contributed by atoms with van der Waals surface area (Å²) >= 11 is 0. The van der Waals surface area contributed by atoms with Gasteiger partial charge in [-0.1, -0.05) is 18.9 Å². The maximum atomic E-state index is 12.8. The second-order valence-corrected chi connectivity index (χ2v) is 10.3. The van der Waals surface area contributed by atoms with Crippen LogP contribution in [0.1, 0.15) is 51.4 Å². The van der Waals surface area contributed by atoms with E-state index >= 15 is 0 Å². The average molecular weight is 406 g/mol. The number of nitrogens with one attached hydrogen (secondary N) is 1. The van der Waals surface area contributed by atoms with Gasteiger partial charge in [-0.2, -0.15) is 4.31 Å². The Morgan fingerprint density at radius 3 is 2.57 bits per heavy atom. The first kappa shape index (κ1) is 19.9. The van der Waals surface area contributed by atoms with E-state index in [-0.39, 0.29) is 10.8 Å². The normalized spacial score (nSPS) is 26.7. The fourth-order valence-electron chi connectivity index (χ4n) is 5.12. The first-order valence-electron chi connectivity index (χ1n) is 10.7. The van der Waals surface area contributed by atoms with Crippen molar-refractivity contribution in [3.05, 3.63) is 24.3 Å². The second kappa shape index (κ2) is 8.51. The van der Waals surface area contributed by atoms with Crippen molar-refractivity contribution >= 4 is 21.6 Å². The number of rotatable bonds is 5. The monoisotopic (exact) mass is 405 g/mol. The van der Waals surface area contributed by atoms with Crippen molar-refractivity contribution in [2.24, 2.45) is 5.92 Å². The maximum Gasteiger partial charge on any atom is 0.243 e. The van der Waals surface area contributed by atoms with E-state index < -0.39 is 10.0 Å². The summed E-state index contributed by atoms with van der Waals surface area (Å²) in [5.74, 6) is 0.686. The van der Waals surface area contributed by atoms with Crippen LogP contribution in [0.25, 0.3) is 0 Å². The van der Waals surface area contributed by atoms with Crippen molar-refractivity contribution in [1.82, 2.24) is 9.21 Å². The third-order valence-corrected chi connectivity index (χ3v) is 8.42. The van der Waals surface area contributed by atoms with Crippen molar-refractivity contribution in [3.8, 4) is 0 Å². The molecule has 1 N–H and O–H groups in total. The highest BCUT2D eigenvalue weighted by atomic mass is 32.2. The lowest BCUT2D eigenvalue weighted by Gasteiger charge is -2.43. The smallest absolute Gasteiger partial charge is 0.243 e. The topological polar surface area (TPSA) is 69.7 Å². The van der Waals surface area contributed by atoms with Crippen molar-refractivity contribution in [2.75, 3.05) is 31.5 Å². The van der Waals surface area contributed by atoms with Crippen LogP contribution in [0.15, 0.2) is 29.2 Å². The minimum absolute atomic E-state index is 0.0538. The molecule has 3 aliphatic rings. The Balaban J connectivity index is 1.40. The third-order valence-electron chi connectivity index (χ3n) is 6.53. The number of carbonyl (C=O) groups is 1. The quantitative estimate of drug-likeness (QED) is 0.817. The Morgan fingerprint density at radius 1 is 1.00 bits per heavy atom. The highest BCUT2D eigenvalue weighted by Gasteiger charge is 2.34. The van der Waals surface area contributed by atoms with E-state index in [1.807, 2.05) is 0 Å². The molecule has 0 aromatic heterocycles. The van der Waals surface area contributed by atoms with E-state index in [0.29, 0.717) is 31.4 Å². The number of hydrogen-bond donors (Lipinski definition) is 1.